The largest absolute Gasteiger partial charge is 0.333 e. The van der Waals surface area contributed by atoms with Gasteiger partial charge in [0.2, 0.25) is 11.8 Å². The van der Waals surface area contributed by atoms with Gasteiger partial charge in [-0.2, -0.15) is 0 Å². The summed E-state index contributed by atoms with van der Waals surface area (Å²) < 4.78 is 0. The smallest absolute Gasteiger partial charge is 0.245 e. The Bertz CT molecular complexity index is 575. The van der Waals surface area contributed by atoms with Crippen molar-refractivity contribution in [1.82, 2.24) is 14.8 Å². The van der Waals surface area contributed by atoms with Crippen molar-refractivity contribution in [3.8, 4) is 0 Å². The third-order valence-corrected chi connectivity index (χ3v) is 5.46. The zero-order valence-electron chi connectivity index (χ0n) is 18.1. The first-order chi connectivity index (χ1) is 13.4. The van der Waals surface area contributed by atoms with Gasteiger partial charge in [0.25, 0.3) is 0 Å². The molecule has 0 saturated heterocycles. The average Bonchev–Trinajstić information content (AvgIpc) is 3.04. The quantitative estimate of drug-likeness (QED) is 0.438. The number of hydrogen-bond acceptors (Lipinski definition) is 5. The summed E-state index contributed by atoms with van der Waals surface area (Å²) >= 11 is 1.41. The van der Waals surface area contributed by atoms with Crippen LogP contribution in [0.3, 0.4) is 0 Å². The van der Waals surface area contributed by atoms with E-state index in [9.17, 15) is 9.59 Å². The highest BCUT2D eigenvalue weighted by Gasteiger charge is 2.17. The molecule has 0 unspecified atom stereocenters. The van der Waals surface area contributed by atoms with E-state index < -0.39 is 0 Å². The lowest BCUT2D eigenvalue weighted by Gasteiger charge is -2.23. The zero-order valence-corrected chi connectivity index (χ0v) is 18.9. The van der Waals surface area contributed by atoms with Crippen LogP contribution in [0.4, 0.5) is 5.13 Å². The van der Waals surface area contributed by atoms with Gasteiger partial charge in [0.15, 0.2) is 5.13 Å². The highest BCUT2D eigenvalue weighted by atomic mass is 32.1. The number of anilines is 1. The molecule has 2 amide bonds. The van der Waals surface area contributed by atoms with Crippen LogP contribution >= 0.6 is 11.3 Å². The minimum atomic E-state index is -0.174. The van der Waals surface area contributed by atoms with Crippen molar-refractivity contribution in [3.05, 3.63) is 11.1 Å². The van der Waals surface area contributed by atoms with Gasteiger partial charge in [-0.1, -0.05) is 45.4 Å². The number of nitrogens with zero attached hydrogens (tertiary/aromatic N) is 3. The predicted octanol–water partition coefficient (Wildman–Crippen LogP) is 4.31. The third-order valence-electron chi connectivity index (χ3n) is 4.58. The molecule has 0 bridgehead atoms. The maximum absolute atomic E-state index is 12.7. The number of carbonyl (C=O) groups excluding carboxylic acids is 2. The number of thiazole rings is 1. The lowest BCUT2D eigenvalue weighted by atomic mass is 10.1. The van der Waals surface area contributed by atoms with E-state index in [1.54, 1.807) is 4.90 Å². The molecule has 0 aliphatic heterocycles. The van der Waals surface area contributed by atoms with E-state index in [2.05, 4.69) is 22.1 Å². The minimum absolute atomic E-state index is 0.0813. The lowest BCUT2D eigenvalue weighted by molar-refractivity contribution is -0.134. The van der Waals surface area contributed by atoms with Gasteiger partial charge in [0, 0.05) is 18.3 Å². The number of rotatable bonds is 15. The molecule has 1 rings (SSSR count). The minimum Gasteiger partial charge on any atom is -0.333 e. The molecule has 0 spiro atoms. The zero-order chi connectivity index (χ0) is 20.8. The first-order valence-corrected chi connectivity index (χ1v) is 11.4. The van der Waals surface area contributed by atoms with Gasteiger partial charge in [-0.3, -0.25) is 9.59 Å². The van der Waals surface area contributed by atoms with E-state index in [4.69, 9.17) is 0 Å². The normalized spacial score (nSPS) is 11.0. The summed E-state index contributed by atoms with van der Waals surface area (Å²) in [6, 6.07) is 0. The van der Waals surface area contributed by atoms with Crippen LogP contribution in [-0.2, 0) is 9.59 Å². The van der Waals surface area contributed by atoms with Crippen LogP contribution < -0.4 is 5.32 Å². The number of nitrogens with one attached hydrogen (secondary N) is 1. The molecular weight excluding hydrogens is 372 g/mol. The van der Waals surface area contributed by atoms with Crippen molar-refractivity contribution in [2.24, 2.45) is 0 Å². The molecule has 7 heteroatoms. The highest BCUT2D eigenvalue weighted by Crippen LogP contribution is 2.14. The number of unbranched alkanes of at least 4 members (excludes halogenated alkanes) is 6. The summed E-state index contributed by atoms with van der Waals surface area (Å²) in [5.41, 5.74) is 0.887. The molecule has 0 aromatic carbocycles. The Morgan fingerprint density at radius 2 is 1.71 bits per heavy atom. The Morgan fingerprint density at radius 1 is 1.04 bits per heavy atom. The molecule has 0 aliphatic rings. The van der Waals surface area contributed by atoms with E-state index >= 15 is 0 Å². The molecule has 0 aliphatic carbocycles. The molecule has 160 valence electrons. The number of aryl methyl sites for hydroxylation is 1. The maximum Gasteiger partial charge on any atom is 0.245 e. The number of aromatic nitrogens is 1. The van der Waals surface area contributed by atoms with Crippen molar-refractivity contribution in [3.63, 3.8) is 0 Å². The fourth-order valence-corrected chi connectivity index (χ4v) is 3.71. The van der Waals surface area contributed by atoms with Crippen LogP contribution in [0.2, 0.25) is 0 Å². The number of hydrogen-bond donors (Lipinski definition) is 1. The summed E-state index contributed by atoms with van der Waals surface area (Å²) in [6.45, 7) is 5.72. The fraction of sp³-hybridized carbons (Fsp3) is 0.762. The predicted molar refractivity (Wildman–Crippen MR) is 118 cm³/mol. The van der Waals surface area contributed by atoms with Gasteiger partial charge in [-0.25, -0.2) is 4.98 Å². The first-order valence-electron chi connectivity index (χ1n) is 10.6. The standard InChI is InChI=1S/C21H38N4O2S/c1-5-6-7-8-9-10-11-13-20(27)25(15-12-14-24(3)4)16-19(26)23-21-22-18(2)17-28-21/h17H,5-16H2,1-4H3,(H,22,23,26). The summed E-state index contributed by atoms with van der Waals surface area (Å²) in [5, 5.41) is 5.30. The van der Waals surface area contributed by atoms with Gasteiger partial charge >= 0.3 is 0 Å². The molecule has 28 heavy (non-hydrogen) atoms. The molecule has 0 atom stereocenters. The second kappa shape index (κ2) is 14.5. The van der Waals surface area contributed by atoms with E-state index in [1.165, 1.54) is 43.4 Å². The molecule has 0 radical (unpaired) electrons. The van der Waals surface area contributed by atoms with Crippen LogP contribution in [0, 0.1) is 6.92 Å². The Balaban J connectivity index is 2.43. The number of amides is 2. The molecule has 0 fully saturated rings. The Morgan fingerprint density at radius 3 is 2.32 bits per heavy atom. The summed E-state index contributed by atoms with van der Waals surface area (Å²) in [5.74, 6) is -0.0927. The molecule has 0 saturated carbocycles. The van der Waals surface area contributed by atoms with Gasteiger partial charge in [0.05, 0.1) is 12.2 Å². The summed E-state index contributed by atoms with van der Waals surface area (Å²) in [6.07, 6.45) is 9.67. The Labute approximate surface area is 174 Å². The van der Waals surface area contributed by atoms with Crippen molar-refractivity contribution >= 4 is 28.3 Å². The van der Waals surface area contributed by atoms with Crippen LogP contribution in [0.1, 0.15) is 70.4 Å². The maximum atomic E-state index is 12.7. The SMILES string of the molecule is CCCCCCCCCC(=O)N(CCCN(C)C)CC(=O)Nc1nc(C)cs1. The van der Waals surface area contributed by atoms with Crippen LogP contribution in [-0.4, -0.2) is 60.3 Å². The molecule has 1 aromatic heterocycles. The average molecular weight is 411 g/mol. The van der Waals surface area contributed by atoms with Crippen LogP contribution in [0.25, 0.3) is 0 Å². The van der Waals surface area contributed by atoms with Crippen molar-refractivity contribution in [1.29, 1.82) is 0 Å². The second-order valence-corrected chi connectivity index (χ2v) is 8.54. The Hall–Kier alpha value is -1.47. The number of carbonyl (C=O) groups is 2. The van der Waals surface area contributed by atoms with Gasteiger partial charge in [0.1, 0.15) is 0 Å². The highest BCUT2D eigenvalue weighted by molar-refractivity contribution is 7.13. The third kappa shape index (κ3) is 11.4. The Kier molecular flexibility index (Phi) is 12.7. The van der Waals surface area contributed by atoms with E-state index in [1.807, 2.05) is 26.4 Å². The van der Waals surface area contributed by atoms with E-state index in [0.717, 1.165) is 31.5 Å². The molecule has 1 aromatic rings. The van der Waals surface area contributed by atoms with E-state index in [0.29, 0.717) is 18.1 Å². The fourth-order valence-electron chi connectivity index (χ4n) is 3.00. The first kappa shape index (κ1) is 24.6. The van der Waals surface area contributed by atoms with Crippen LogP contribution in [0.5, 0.6) is 0 Å². The molecule has 1 N–H and O–H groups in total. The van der Waals surface area contributed by atoms with Gasteiger partial charge < -0.3 is 15.1 Å². The molecular formula is C21H38N4O2S. The lowest BCUT2D eigenvalue weighted by Crippen LogP contribution is -2.39. The second-order valence-electron chi connectivity index (χ2n) is 7.69. The monoisotopic (exact) mass is 410 g/mol. The van der Waals surface area contributed by atoms with Crippen molar-refractivity contribution in [2.75, 3.05) is 39.0 Å². The van der Waals surface area contributed by atoms with Crippen molar-refractivity contribution < 1.29 is 9.59 Å². The molecule has 1 heterocycles. The van der Waals surface area contributed by atoms with Crippen LogP contribution in [0.15, 0.2) is 5.38 Å². The summed E-state index contributed by atoms with van der Waals surface area (Å²) in [7, 11) is 4.03. The summed E-state index contributed by atoms with van der Waals surface area (Å²) in [4.78, 5) is 33.1. The van der Waals surface area contributed by atoms with E-state index in [-0.39, 0.29) is 18.4 Å². The van der Waals surface area contributed by atoms with Gasteiger partial charge in [-0.15, -0.1) is 11.3 Å². The van der Waals surface area contributed by atoms with Crippen molar-refractivity contribution in [2.45, 2.75) is 71.6 Å². The van der Waals surface area contributed by atoms with Gasteiger partial charge in [-0.05, 0) is 40.4 Å². The molecule has 6 nitrogen and oxygen atoms in total. The topological polar surface area (TPSA) is 65.5 Å².